The predicted octanol–water partition coefficient (Wildman–Crippen LogP) is 2.74. The van der Waals surface area contributed by atoms with Crippen molar-refractivity contribution in [2.75, 3.05) is 13.2 Å². The van der Waals surface area contributed by atoms with Gasteiger partial charge < -0.3 is 9.84 Å². The van der Waals surface area contributed by atoms with Crippen LogP contribution in [0.4, 0.5) is 0 Å². The van der Waals surface area contributed by atoms with Gasteiger partial charge in [0.25, 0.3) is 0 Å². The van der Waals surface area contributed by atoms with Crippen molar-refractivity contribution < 1.29 is 9.84 Å². The lowest BCUT2D eigenvalue weighted by Crippen LogP contribution is -2.47. The zero-order valence-corrected chi connectivity index (χ0v) is 10.1. The summed E-state index contributed by atoms with van der Waals surface area (Å²) in [6.07, 6.45) is 6.61. The van der Waals surface area contributed by atoms with Crippen LogP contribution >= 0.6 is 0 Å². The van der Waals surface area contributed by atoms with Crippen LogP contribution in [0.15, 0.2) is 0 Å². The summed E-state index contributed by atoms with van der Waals surface area (Å²) in [6.45, 7) is 6.21. The van der Waals surface area contributed by atoms with E-state index in [4.69, 9.17) is 4.74 Å². The Hall–Kier alpha value is -0.0800. The van der Waals surface area contributed by atoms with Gasteiger partial charge in [0, 0.05) is 12.5 Å². The molecule has 1 aliphatic heterocycles. The number of aliphatic hydroxyl groups is 1. The number of hydrogen-bond acceptors (Lipinski definition) is 2. The van der Waals surface area contributed by atoms with Crippen molar-refractivity contribution >= 4 is 0 Å². The molecule has 2 fully saturated rings. The molecule has 2 heteroatoms. The van der Waals surface area contributed by atoms with Crippen LogP contribution in [0, 0.1) is 11.3 Å². The monoisotopic (exact) mass is 212 g/mol. The van der Waals surface area contributed by atoms with E-state index in [1.807, 2.05) is 0 Å². The summed E-state index contributed by atoms with van der Waals surface area (Å²) in [7, 11) is 0. The standard InChI is InChI=1S/C13H24O2/c1-12(2)6-4-7-13(14,10-12)11-5-3-8-15-9-11/h11,14H,3-10H2,1-2H3. The van der Waals surface area contributed by atoms with Crippen LogP contribution < -0.4 is 0 Å². The molecule has 2 nitrogen and oxygen atoms in total. The Morgan fingerprint density at radius 1 is 1.20 bits per heavy atom. The van der Waals surface area contributed by atoms with Gasteiger partial charge in [0.15, 0.2) is 0 Å². The Morgan fingerprint density at radius 3 is 2.60 bits per heavy atom. The molecule has 2 aliphatic rings. The summed E-state index contributed by atoms with van der Waals surface area (Å²) >= 11 is 0. The lowest BCUT2D eigenvalue weighted by Gasteiger charge is -2.46. The van der Waals surface area contributed by atoms with Gasteiger partial charge in [0.1, 0.15) is 0 Å². The van der Waals surface area contributed by atoms with Gasteiger partial charge in [-0.2, -0.15) is 0 Å². The molecule has 0 amide bonds. The molecule has 1 aliphatic carbocycles. The molecule has 88 valence electrons. The summed E-state index contributed by atoms with van der Waals surface area (Å²) < 4.78 is 5.51. The van der Waals surface area contributed by atoms with Crippen molar-refractivity contribution in [1.82, 2.24) is 0 Å². The topological polar surface area (TPSA) is 29.5 Å². The molecule has 1 saturated carbocycles. The first-order chi connectivity index (χ1) is 7.02. The maximum absolute atomic E-state index is 10.8. The van der Waals surface area contributed by atoms with Gasteiger partial charge in [-0.25, -0.2) is 0 Å². The molecule has 0 spiro atoms. The van der Waals surface area contributed by atoms with E-state index in [0.717, 1.165) is 38.9 Å². The van der Waals surface area contributed by atoms with E-state index >= 15 is 0 Å². The lowest BCUT2D eigenvalue weighted by atomic mass is 9.64. The second kappa shape index (κ2) is 4.06. The van der Waals surface area contributed by atoms with Crippen molar-refractivity contribution in [3.63, 3.8) is 0 Å². The van der Waals surface area contributed by atoms with E-state index in [2.05, 4.69) is 13.8 Å². The van der Waals surface area contributed by atoms with E-state index < -0.39 is 5.60 Å². The molecular weight excluding hydrogens is 188 g/mol. The minimum absolute atomic E-state index is 0.310. The third-order valence-electron chi connectivity index (χ3n) is 4.17. The van der Waals surface area contributed by atoms with Gasteiger partial charge in [0.05, 0.1) is 12.2 Å². The SMILES string of the molecule is CC1(C)CCCC(O)(C2CCCOC2)C1. The Kier molecular flexibility index (Phi) is 3.09. The number of ether oxygens (including phenoxy) is 1. The van der Waals surface area contributed by atoms with Gasteiger partial charge in [0.2, 0.25) is 0 Å². The predicted molar refractivity (Wildman–Crippen MR) is 60.7 cm³/mol. The molecule has 2 unspecified atom stereocenters. The first kappa shape index (κ1) is 11.4. The van der Waals surface area contributed by atoms with Crippen LogP contribution in [-0.4, -0.2) is 23.9 Å². The minimum Gasteiger partial charge on any atom is -0.389 e. The molecule has 0 aromatic carbocycles. The molecular formula is C13H24O2. The third-order valence-corrected chi connectivity index (χ3v) is 4.17. The maximum Gasteiger partial charge on any atom is 0.0702 e. The molecule has 1 N–H and O–H groups in total. The Labute approximate surface area is 93.0 Å². The van der Waals surface area contributed by atoms with Gasteiger partial charge in [-0.05, 0) is 37.5 Å². The molecule has 1 saturated heterocycles. The average molecular weight is 212 g/mol. The zero-order valence-electron chi connectivity index (χ0n) is 10.1. The van der Waals surface area contributed by atoms with E-state index in [1.165, 1.54) is 12.8 Å². The van der Waals surface area contributed by atoms with Gasteiger partial charge >= 0.3 is 0 Å². The number of hydrogen-bond donors (Lipinski definition) is 1. The van der Waals surface area contributed by atoms with E-state index in [1.54, 1.807) is 0 Å². The van der Waals surface area contributed by atoms with Crippen molar-refractivity contribution in [1.29, 1.82) is 0 Å². The quantitative estimate of drug-likeness (QED) is 0.724. The fourth-order valence-corrected chi connectivity index (χ4v) is 3.39. The van der Waals surface area contributed by atoms with E-state index in [0.29, 0.717) is 11.3 Å². The minimum atomic E-state index is -0.442. The number of rotatable bonds is 1. The first-order valence-corrected chi connectivity index (χ1v) is 6.32. The van der Waals surface area contributed by atoms with Crippen molar-refractivity contribution in [2.24, 2.45) is 11.3 Å². The van der Waals surface area contributed by atoms with Crippen molar-refractivity contribution in [2.45, 2.75) is 58.0 Å². The summed E-state index contributed by atoms with van der Waals surface area (Å²) in [6, 6.07) is 0. The normalized spacial score (nSPS) is 41.4. The van der Waals surface area contributed by atoms with Crippen LogP contribution in [0.25, 0.3) is 0 Å². The maximum atomic E-state index is 10.8. The molecule has 2 atom stereocenters. The lowest BCUT2D eigenvalue weighted by molar-refractivity contribution is -0.120. The highest BCUT2D eigenvalue weighted by molar-refractivity contribution is 4.95. The van der Waals surface area contributed by atoms with Crippen LogP contribution in [0.5, 0.6) is 0 Å². The van der Waals surface area contributed by atoms with Crippen LogP contribution in [-0.2, 0) is 4.74 Å². The largest absolute Gasteiger partial charge is 0.389 e. The highest BCUT2D eigenvalue weighted by atomic mass is 16.5. The molecule has 1 heterocycles. The third kappa shape index (κ3) is 2.54. The van der Waals surface area contributed by atoms with Crippen molar-refractivity contribution in [3.05, 3.63) is 0 Å². The molecule has 15 heavy (non-hydrogen) atoms. The summed E-state index contributed by atoms with van der Waals surface area (Å²) in [5, 5.41) is 10.8. The van der Waals surface area contributed by atoms with Gasteiger partial charge in [-0.15, -0.1) is 0 Å². The highest BCUT2D eigenvalue weighted by Gasteiger charge is 2.44. The zero-order chi connectivity index (χ0) is 10.9. The molecule has 0 aromatic heterocycles. The van der Waals surface area contributed by atoms with Crippen LogP contribution in [0.2, 0.25) is 0 Å². The Balaban J connectivity index is 2.04. The molecule has 0 radical (unpaired) electrons. The van der Waals surface area contributed by atoms with E-state index in [9.17, 15) is 5.11 Å². The first-order valence-electron chi connectivity index (χ1n) is 6.32. The fourth-order valence-electron chi connectivity index (χ4n) is 3.39. The Morgan fingerprint density at radius 2 is 2.00 bits per heavy atom. The Bertz CT molecular complexity index is 219. The van der Waals surface area contributed by atoms with Gasteiger partial charge in [-0.3, -0.25) is 0 Å². The smallest absolute Gasteiger partial charge is 0.0702 e. The summed E-state index contributed by atoms with van der Waals surface area (Å²) in [4.78, 5) is 0. The van der Waals surface area contributed by atoms with Crippen LogP contribution in [0.3, 0.4) is 0 Å². The molecule has 2 rings (SSSR count). The second-order valence-electron chi connectivity index (χ2n) is 6.21. The summed E-state index contributed by atoms with van der Waals surface area (Å²) in [5.74, 6) is 0.380. The van der Waals surface area contributed by atoms with Crippen LogP contribution in [0.1, 0.15) is 52.4 Å². The highest BCUT2D eigenvalue weighted by Crippen LogP contribution is 2.46. The van der Waals surface area contributed by atoms with Gasteiger partial charge in [-0.1, -0.05) is 20.3 Å². The summed E-state index contributed by atoms with van der Waals surface area (Å²) in [5.41, 5.74) is -0.132. The van der Waals surface area contributed by atoms with E-state index in [-0.39, 0.29) is 0 Å². The molecule has 0 aromatic rings. The fraction of sp³-hybridized carbons (Fsp3) is 1.00. The molecule has 0 bridgehead atoms. The average Bonchev–Trinajstić information content (AvgIpc) is 2.17. The van der Waals surface area contributed by atoms with Crippen molar-refractivity contribution in [3.8, 4) is 0 Å². The second-order valence-corrected chi connectivity index (χ2v) is 6.21.